The highest BCUT2D eigenvalue weighted by molar-refractivity contribution is 6.04. The van der Waals surface area contributed by atoms with Crippen LogP contribution in [0.15, 0.2) is 48.8 Å². The van der Waals surface area contributed by atoms with Gasteiger partial charge in [-0.25, -0.2) is 0 Å². The van der Waals surface area contributed by atoms with Gasteiger partial charge in [-0.3, -0.25) is 14.5 Å². The first-order valence-electron chi connectivity index (χ1n) is 7.72. The third kappa shape index (κ3) is 2.62. The number of nitrogens with one attached hydrogen (secondary N) is 1. The molecule has 1 aromatic carbocycles. The Morgan fingerprint density at radius 1 is 1.29 bits per heavy atom. The summed E-state index contributed by atoms with van der Waals surface area (Å²) in [5.74, 6) is 1.34. The molecule has 1 aliphatic rings. The molecule has 0 atom stereocenters. The molecule has 3 heterocycles. The predicted octanol–water partition coefficient (Wildman–Crippen LogP) is 2.67. The van der Waals surface area contributed by atoms with Crippen LogP contribution in [0.2, 0.25) is 0 Å². The highest BCUT2D eigenvalue weighted by Crippen LogP contribution is 2.26. The Hall–Kier alpha value is -3.15. The quantitative estimate of drug-likeness (QED) is 0.805. The second-order valence-electron chi connectivity index (χ2n) is 5.66. The molecule has 3 aromatic rings. The molecule has 1 N–H and O–H groups in total. The molecule has 0 unspecified atom stereocenters. The zero-order valence-electron chi connectivity index (χ0n) is 13.2. The molecule has 0 radical (unpaired) electrons. The van der Waals surface area contributed by atoms with E-state index in [-0.39, 0.29) is 5.91 Å². The average molecular weight is 320 g/mol. The number of ether oxygens (including phenoxy) is 1. The van der Waals surface area contributed by atoms with Crippen LogP contribution in [0.25, 0.3) is 11.3 Å². The van der Waals surface area contributed by atoms with Crippen molar-refractivity contribution in [3.05, 3.63) is 59.9 Å². The molecule has 0 aliphatic carbocycles. The number of nitrogens with zero attached hydrogens (tertiary/aromatic N) is 3. The van der Waals surface area contributed by atoms with Gasteiger partial charge in [-0.1, -0.05) is 0 Å². The minimum absolute atomic E-state index is 0.162. The van der Waals surface area contributed by atoms with Gasteiger partial charge in [0.2, 0.25) is 0 Å². The second kappa shape index (κ2) is 5.81. The lowest BCUT2D eigenvalue weighted by molar-refractivity contribution is 0.102. The number of hydrogen-bond acceptors (Lipinski definition) is 4. The SMILES string of the molecule is Cn1nc(-c2cccnc2)cc1NC(=O)c1ccc2c(c1)CCO2. The van der Waals surface area contributed by atoms with Crippen molar-refractivity contribution in [2.45, 2.75) is 6.42 Å². The lowest BCUT2D eigenvalue weighted by Gasteiger charge is -2.06. The van der Waals surface area contributed by atoms with Crippen LogP contribution in [0.5, 0.6) is 5.75 Å². The Labute approximate surface area is 139 Å². The normalized spacial score (nSPS) is 12.5. The number of benzene rings is 1. The van der Waals surface area contributed by atoms with E-state index in [0.717, 1.165) is 29.0 Å². The van der Waals surface area contributed by atoms with Gasteiger partial charge in [0.1, 0.15) is 11.6 Å². The maximum Gasteiger partial charge on any atom is 0.256 e. The molecule has 0 fully saturated rings. The fraction of sp³-hybridized carbons (Fsp3) is 0.167. The van der Waals surface area contributed by atoms with Crippen LogP contribution in [-0.2, 0) is 13.5 Å². The van der Waals surface area contributed by atoms with E-state index in [9.17, 15) is 4.79 Å². The second-order valence-corrected chi connectivity index (χ2v) is 5.66. The van der Waals surface area contributed by atoms with Crippen molar-refractivity contribution in [3.8, 4) is 17.0 Å². The summed E-state index contributed by atoms with van der Waals surface area (Å²) in [5, 5.41) is 7.34. The summed E-state index contributed by atoms with van der Waals surface area (Å²) in [5.41, 5.74) is 3.36. The van der Waals surface area contributed by atoms with E-state index >= 15 is 0 Å². The topological polar surface area (TPSA) is 69.0 Å². The lowest BCUT2D eigenvalue weighted by Crippen LogP contribution is -2.14. The number of anilines is 1. The first kappa shape index (κ1) is 14.4. The van der Waals surface area contributed by atoms with Crippen LogP contribution in [0.1, 0.15) is 15.9 Å². The Morgan fingerprint density at radius 3 is 3.04 bits per heavy atom. The van der Waals surface area contributed by atoms with Gasteiger partial charge in [-0.05, 0) is 35.9 Å². The lowest BCUT2D eigenvalue weighted by atomic mass is 10.1. The standard InChI is InChI=1S/C18H16N4O2/c1-22-17(10-15(21-22)14-3-2-7-19-11-14)20-18(23)13-4-5-16-12(9-13)6-8-24-16/h2-5,7,9-11H,6,8H2,1H3,(H,20,23). The maximum absolute atomic E-state index is 12.5. The molecule has 24 heavy (non-hydrogen) atoms. The molecule has 4 rings (SSSR count). The Balaban J connectivity index is 1.57. The van der Waals surface area contributed by atoms with Crippen LogP contribution in [0, 0.1) is 0 Å². The number of carbonyl (C=O) groups is 1. The molecule has 0 saturated carbocycles. The molecular formula is C18H16N4O2. The molecule has 6 nitrogen and oxygen atoms in total. The molecule has 6 heteroatoms. The van der Waals surface area contributed by atoms with Crippen molar-refractivity contribution >= 4 is 11.7 Å². The summed E-state index contributed by atoms with van der Waals surface area (Å²) < 4.78 is 7.12. The van der Waals surface area contributed by atoms with Crippen LogP contribution >= 0.6 is 0 Å². The molecule has 120 valence electrons. The number of pyridine rings is 1. The van der Waals surface area contributed by atoms with Crippen LogP contribution in [0.3, 0.4) is 0 Å². The summed E-state index contributed by atoms with van der Waals surface area (Å²) in [6, 6.07) is 11.1. The average Bonchev–Trinajstić information content (AvgIpc) is 3.22. The molecule has 1 aliphatic heterocycles. The number of carbonyl (C=O) groups excluding carboxylic acids is 1. The number of aryl methyl sites for hydroxylation is 1. The van der Waals surface area contributed by atoms with E-state index in [1.807, 2.05) is 30.3 Å². The van der Waals surface area contributed by atoms with Crippen molar-refractivity contribution in [1.29, 1.82) is 0 Å². The minimum atomic E-state index is -0.162. The van der Waals surface area contributed by atoms with Crippen molar-refractivity contribution in [2.24, 2.45) is 7.05 Å². The van der Waals surface area contributed by atoms with Gasteiger partial charge in [0.25, 0.3) is 5.91 Å². The summed E-state index contributed by atoms with van der Waals surface area (Å²) >= 11 is 0. The van der Waals surface area contributed by atoms with Crippen molar-refractivity contribution in [2.75, 3.05) is 11.9 Å². The minimum Gasteiger partial charge on any atom is -0.493 e. The highest BCUT2D eigenvalue weighted by Gasteiger charge is 2.16. The van der Waals surface area contributed by atoms with Gasteiger partial charge in [0, 0.05) is 43.1 Å². The highest BCUT2D eigenvalue weighted by atomic mass is 16.5. The first-order chi connectivity index (χ1) is 11.7. The van der Waals surface area contributed by atoms with E-state index in [2.05, 4.69) is 15.4 Å². The van der Waals surface area contributed by atoms with Gasteiger partial charge in [0.05, 0.1) is 12.3 Å². The summed E-state index contributed by atoms with van der Waals surface area (Å²) in [6.45, 7) is 0.677. The van der Waals surface area contributed by atoms with Crippen LogP contribution in [-0.4, -0.2) is 27.3 Å². The molecule has 0 saturated heterocycles. The fourth-order valence-electron chi connectivity index (χ4n) is 2.76. The van der Waals surface area contributed by atoms with Crippen LogP contribution in [0.4, 0.5) is 5.82 Å². The van der Waals surface area contributed by atoms with E-state index < -0.39 is 0 Å². The van der Waals surface area contributed by atoms with E-state index in [1.165, 1.54) is 0 Å². The monoisotopic (exact) mass is 320 g/mol. The van der Waals surface area contributed by atoms with E-state index in [0.29, 0.717) is 18.0 Å². The van der Waals surface area contributed by atoms with Crippen molar-refractivity contribution in [3.63, 3.8) is 0 Å². The number of rotatable bonds is 3. The summed E-state index contributed by atoms with van der Waals surface area (Å²) in [7, 11) is 1.80. The van der Waals surface area contributed by atoms with Crippen molar-refractivity contribution < 1.29 is 9.53 Å². The van der Waals surface area contributed by atoms with Gasteiger partial charge >= 0.3 is 0 Å². The third-order valence-electron chi connectivity index (χ3n) is 4.03. The smallest absolute Gasteiger partial charge is 0.256 e. The summed E-state index contributed by atoms with van der Waals surface area (Å²) in [6.07, 6.45) is 4.30. The number of fused-ring (bicyclic) bond motifs is 1. The number of aromatic nitrogens is 3. The van der Waals surface area contributed by atoms with Gasteiger partial charge in [-0.2, -0.15) is 5.10 Å². The van der Waals surface area contributed by atoms with E-state index in [4.69, 9.17) is 4.74 Å². The zero-order chi connectivity index (χ0) is 16.5. The fourth-order valence-corrected chi connectivity index (χ4v) is 2.76. The third-order valence-corrected chi connectivity index (χ3v) is 4.03. The molecule has 2 aromatic heterocycles. The van der Waals surface area contributed by atoms with Crippen LogP contribution < -0.4 is 10.1 Å². The Kier molecular flexibility index (Phi) is 3.49. The number of amides is 1. The zero-order valence-corrected chi connectivity index (χ0v) is 13.2. The molecule has 1 amide bonds. The summed E-state index contributed by atoms with van der Waals surface area (Å²) in [4.78, 5) is 16.6. The largest absolute Gasteiger partial charge is 0.493 e. The molecule has 0 spiro atoms. The van der Waals surface area contributed by atoms with Gasteiger partial charge in [0.15, 0.2) is 0 Å². The van der Waals surface area contributed by atoms with Gasteiger partial charge in [-0.15, -0.1) is 0 Å². The first-order valence-corrected chi connectivity index (χ1v) is 7.72. The maximum atomic E-state index is 12.5. The molecule has 0 bridgehead atoms. The number of hydrogen-bond donors (Lipinski definition) is 1. The Bertz CT molecular complexity index is 903. The Morgan fingerprint density at radius 2 is 2.21 bits per heavy atom. The van der Waals surface area contributed by atoms with E-state index in [1.54, 1.807) is 30.2 Å². The predicted molar refractivity (Wildman–Crippen MR) is 90.0 cm³/mol. The van der Waals surface area contributed by atoms with Crippen molar-refractivity contribution in [1.82, 2.24) is 14.8 Å². The molecular weight excluding hydrogens is 304 g/mol. The van der Waals surface area contributed by atoms with Gasteiger partial charge < -0.3 is 10.1 Å².